The molecule has 2 aromatic rings. The van der Waals surface area contributed by atoms with Crippen LogP contribution in [0.4, 0.5) is 5.82 Å². The summed E-state index contributed by atoms with van der Waals surface area (Å²) in [4.78, 5) is 47.5. The van der Waals surface area contributed by atoms with E-state index in [9.17, 15) is 14.4 Å². The third-order valence-corrected chi connectivity index (χ3v) is 5.66. The summed E-state index contributed by atoms with van der Waals surface area (Å²) in [5, 5.41) is 0. The molecule has 2 amide bonds. The lowest BCUT2D eigenvalue weighted by Crippen LogP contribution is -2.51. The van der Waals surface area contributed by atoms with Crippen LogP contribution in [0.5, 0.6) is 0 Å². The lowest BCUT2D eigenvalue weighted by atomic mass is 10.1. The summed E-state index contributed by atoms with van der Waals surface area (Å²) in [6, 6.07) is 12.6. The van der Waals surface area contributed by atoms with E-state index in [0.717, 1.165) is 32.0 Å². The summed E-state index contributed by atoms with van der Waals surface area (Å²) in [6.07, 6.45) is 1.45. The van der Waals surface area contributed by atoms with Crippen LogP contribution in [-0.2, 0) is 9.53 Å². The van der Waals surface area contributed by atoms with Crippen LogP contribution in [0.15, 0.2) is 48.7 Å². The van der Waals surface area contributed by atoms with Gasteiger partial charge in [-0.2, -0.15) is 0 Å². The van der Waals surface area contributed by atoms with Crippen molar-refractivity contribution in [3.8, 4) is 0 Å². The van der Waals surface area contributed by atoms with Crippen LogP contribution >= 0.6 is 0 Å². The number of imide groups is 1. The van der Waals surface area contributed by atoms with Gasteiger partial charge in [0, 0.05) is 45.3 Å². The maximum atomic E-state index is 12.7. The Morgan fingerprint density at radius 3 is 2.19 bits per heavy atom. The van der Waals surface area contributed by atoms with E-state index in [4.69, 9.17) is 4.74 Å². The summed E-state index contributed by atoms with van der Waals surface area (Å²) in [5.74, 6) is -0.0629. The zero-order valence-corrected chi connectivity index (χ0v) is 17.6. The lowest BCUT2D eigenvalue weighted by molar-refractivity contribution is -0.150. The van der Waals surface area contributed by atoms with Crippen LogP contribution in [0.25, 0.3) is 0 Å². The molecular weight excluding hydrogens is 396 g/mol. The molecule has 0 radical (unpaired) electrons. The number of carbonyl (C=O) groups excluding carboxylic acids is 3. The van der Waals surface area contributed by atoms with Gasteiger partial charge >= 0.3 is 5.97 Å². The van der Waals surface area contributed by atoms with Crippen LogP contribution < -0.4 is 4.90 Å². The van der Waals surface area contributed by atoms with Gasteiger partial charge in [0.05, 0.1) is 17.7 Å². The highest BCUT2D eigenvalue weighted by Crippen LogP contribution is 2.23. The van der Waals surface area contributed by atoms with E-state index in [1.165, 1.54) is 4.90 Å². The zero-order valence-electron chi connectivity index (χ0n) is 17.6. The number of ether oxygens (including phenoxy) is 1. The molecule has 0 bridgehead atoms. The van der Waals surface area contributed by atoms with Crippen molar-refractivity contribution < 1.29 is 19.1 Å². The van der Waals surface area contributed by atoms with Crippen molar-refractivity contribution in [3.05, 3.63) is 59.8 Å². The standard InChI is InChI=1S/C23H26N4O4/c1-2-21(28)31-17(16-27-22(29)18-7-3-4-8-19(18)23(27)30)15-25-11-13-26(14-12-25)20-9-5-6-10-24-20/h3-10,17H,2,11-16H2,1H3. The van der Waals surface area contributed by atoms with Crippen LogP contribution in [0.2, 0.25) is 0 Å². The fraction of sp³-hybridized carbons (Fsp3) is 0.391. The fourth-order valence-electron chi connectivity index (χ4n) is 4.00. The SMILES string of the molecule is CCC(=O)OC(CN1CCN(c2ccccn2)CC1)CN1C(=O)c2ccccc2C1=O. The predicted molar refractivity (Wildman–Crippen MR) is 115 cm³/mol. The first-order chi connectivity index (χ1) is 15.1. The maximum Gasteiger partial charge on any atom is 0.305 e. The van der Waals surface area contributed by atoms with Crippen molar-refractivity contribution in [1.29, 1.82) is 0 Å². The lowest BCUT2D eigenvalue weighted by Gasteiger charge is -2.37. The van der Waals surface area contributed by atoms with E-state index >= 15 is 0 Å². The number of rotatable bonds is 7. The van der Waals surface area contributed by atoms with Gasteiger partial charge in [-0.3, -0.25) is 24.2 Å². The normalized spacial score (nSPS) is 17.6. The molecule has 0 aliphatic carbocycles. The topological polar surface area (TPSA) is 83.1 Å². The maximum absolute atomic E-state index is 12.7. The van der Waals surface area contributed by atoms with Crippen molar-refractivity contribution in [3.63, 3.8) is 0 Å². The van der Waals surface area contributed by atoms with Crippen LogP contribution in [0.3, 0.4) is 0 Å². The minimum Gasteiger partial charge on any atom is -0.459 e. The first kappa shape index (κ1) is 21.0. The van der Waals surface area contributed by atoms with E-state index in [1.807, 2.05) is 18.2 Å². The van der Waals surface area contributed by atoms with Gasteiger partial charge in [0.15, 0.2) is 0 Å². The Morgan fingerprint density at radius 2 is 1.61 bits per heavy atom. The third-order valence-electron chi connectivity index (χ3n) is 5.66. The van der Waals surface area contributed by atoms with Gasteiger partial charge in [0.1, 0.15) is 11.9 Å². The number of nitrogens with zero attached hydrogens (tertiary/aromatic N) is 4. The summed E-state index contributed by atoms with van der Waals surface area (Å²) in [6.45, 7) is 5.41. The first-order valence-corrected chi connectivity index (χ1v) is 10.6. The number of anilines is 1. The molecule has 2 aliphatic rings. The number of fused-ring (bicyclic) bond motifs is 1. The molecule has 0 saturated carbocycles. The molecule has 0 N–H and O–H groups in total. The Morgan fingerprint density at radius 1 is 0.968 bits per heavy atom. The molecule has 1 aromatic heterocycles. The Balaban J connectivity index is 1.40. The monoisotopic (exact) mass is 422 g/mol. The molecule has 0 spiro atoms. The number of aromatic nitrogens is 1. The average Bonchev–Trinajstić information content (AvgIpc) is 3.05. The molecule has 1 aromatic carbocycles. The third kappa shape index (κ3) is 4.59. The van der Waals surface area contributed by atoms with Crippen LogP contribution in [0, 0.1) is 0 Å². The van der Waals surface area contributed by atoms with Gasteiger partial charge in [-0.25, -0.2) is 4.98 Å². The molecule has 162 valence electrons. The summed E-state index contributed by atoms with van der Waals surface area (Å²) in [7, 11) is 0. The van der Waals surface area contributed by atoms with Crippen molar-refractivity contribution in [2.75, 3.05) is 44.2 Å². The van der Waals surface area contributed by atoms with Crippen LogP contribution in [-0.4, -0.2) is 77.9 Å². The quantitative estimate of drug-likeness (QED) is 0.497. The second-order valence-electron chi connectivity index (χ2n) is 7.71. The molecule has 8 heteroatoms. The molecule has 1 saturated heterocycles. The number of benzene rings is 1. The molecule has 1 fully saturated rings. The van der Waals surface area contributed by atoms with Crippen molar-refractivity contribution in [2.45, 2.75) is 19.4 Å². The number of amides is 2. The van der Waals surface area contributed by atoms with Crippen molar-refractivity contribution >= 4 is 23.6 Å². The molecule has 8 nitrogen and oxygen atoms in total. The predicted octanol–water partition coefficient (Wildman–Crippen LogP) is 1.82. The van der Waals surface area contributed by atoms with Crippen molar-refractivity contribution in [2.24, 2.45) is 0 Å². The number of piperazine rings is 1. The number of carbonyl (C=O) groups is 3. The number of esters is 1. The molecular formula is C23H26N4O4. The van der Waals surface area contributed by atoms with E-state index in [0.29, 0.717) is 17.7 Å². The Labute approximate surface area is 181 Å². The highest BCUT2D eigenvalue weighted by atomic mass is 16.5. The zero-order chi connectivity index (χ0) is 21.8. The summed E-state index contributed by atoms with van der Waals surface area (Å²) in [5.41, 5.74) is 0.800. The van der Waals surface area contributed by atoms with Gasteiger partial charge < -0.3 is 9.64 Å². The van der Waals surface area contributed by atoms with Gasteiger partial charge in [0.25, 0.3) is 11.8 Å². The Hall–Kier alpha value is -3.26. The molecule has 3 heterocycles. The van der Waals surface area contributed by atoms with E-state index in [-0.39, 0.29) is 30.7 Å². The fourth-order valence-corrected chi connectivity index (χ4v) is 4.00. The smallest absolute Gasteiger partial charge is 0.305 e. The highest BCUT2D eigenvalue weighted by molar-refractivity contribution is 6.21. The number of hydrogen-bond acceptors (Lipinski definition) is 7. The summed E-state index contributed by atoms with van der Waals surface area (Å²) < 4.78 is 5.62. The van der Waals surface area contributed by atoms with Crippen molar-refractivity contribution in [1.82, 2.24) is 14.8 Å². The number of pyridine rings is 1. The second-order valence-corrected chi connectivity index (χ2v) is 7.71. The Kier molecular flexibility index (Phi) is 6.27. The van der Waals surface area contributed by atoms with Crippen LogP contribution in [0.1, 0.15) is 34.1 Å². The number of hydrogen-bond donors (Lipinski definition) is 0. The highest BCUT2D eigenvalue weighted by Gasteiger charge is 2.37. The molecule has 2 aliphatic heterocycles. The molecule has 4 rings (SSSR count). The Bertz CT molecular complexity index is 922. The largest absolute Gasteiger partial charge is 0.459 e. The van der Waals surface area contributed by atoms with Gasteiger partial charge in [-0.05, 0) is 24.3 Å². The first-order valence-electron chi connectivity index (χ1n) is 10.6. The second kappa shape index (κ2) is 9.26. The van der Waals surface area contributed by atoms with Gasteiger partial charge in [0.2, 0.25) is 0 Å². The average molecular weight is 422 g/mol. The van der Waals surface area contributed by atoms with E-state index in [2.05, 4.69) is 14.8 Å². The minimum absolute atomic E-state index is 0.0541. The summed E-state index contributed by atoms with van der Waals surface area (Å²) >= 11 is 0. The van der Waals surface area contributed by atoms with E-state index < -0.39 is 6.10 Å². The molecule has 1 unspecified atom stereocenters. The minimum atomic E-state index is -0.573. The van der Waals surface area contributed by atoms with Gasteiger partial charge in [-0.1, -0.05) is 25.1 Å². The van der Waals surface area contributed by atoms with Gasteiger partial charge in [-0.15, -0.1) is 0 Å². The van der Waals surface area contributed by atoms with E-state index in [1.54, 1.807) is 37.4 Å². The molecule has 1 atom stereocenters. The molecule has 31 heavy (non-hydrogen) atoms.